The van der Waals surface area contributed by atoms with Gasteiger partial charge in [0.2, 0.25) is 0 Å². The Hall–Kier alpha value is -1.06. The number of rotatable bonds is 4. The van der Waals surface area contributed by atoms with E-state index in [-0.39, 0.29) is 18.0 Å². The molecule has 0 amide bonds. The van der Waals surface area contributed by atoms with Crippen LogP contribution in [0.1, 0.15) is 91.9 Å². The van der Waals surface area contributed by atoms with Crippen LogP contribution < -0.4 is 0 Å². The Bertz CT molecular complexity index is 659. The van der Waals surface area contributed by atoms with E-state index in [1.807, 2.05) is 0 Å². The summed E-state index contributed by atoms with van der Waals surface area (Å²) in [4.78, 5) is 22.8. The third kappa shape index (κ3) is 3.53. The van der Waals surface area contributed by atoms with Crippen LogP contribution in [0.2, 0.25) is 0 Å². The molecule has 0 radical (unpaired) electrons. The van der Waals surface area contributed by atoms with Crippen LogP contribution in [-0.4, -0.2) is 23.1 Å². The van der Waals surface area contributed by atoms with Crippen LogP contribution in [0, 0.1) is 46.3 Å². The topological polar surface area (TPSA) is 63.6 Å². The largest absolute Gasteiger partial charge is 0.481 e. The minimum absolute atomic E-state index is 0.128. The van der Waals surface area contributed by atoms with Crippen molar-refractivity contribution in [1.82, 2.24) is 0 Å². The van der Waals surface area contributed by atoms with E-state index in [4.69, 9.17) is 4.74 Å². The van der Waals surface area contributed by atoms with Gasteiger partial charge in [0.15, 0.2) is 0 Å². The SMILES string of the molecule is CC(=O)O[C@@H]1CC[C@@]2(C)[C@H](CC[C@@H]3[C@@H]2CC[C@]2(C)[C@@H]([C@H](C)CC(=O)O)CC[C@@H]32)C1. The van der Waals surface area contributed by atoms with Gasteiger partial charge in [0.05, 0.1) is 0 Å². The standard InChI is InChI=1S/C25H40O4/c1-15(13-23(27)28)20-7-8-21-19-6-5-17-14-18(29-16(2)26)9-11-24(17,3)22(19)10-12-25(20,21)4/h15,17-22H,5-14H2,1-4H3,(H,27,28)/t15-,17-,18-,19+,20-,21+,22+,24+,25-/m1/s1. The maximum atomic E-state index is 11.4. The average molecular weight is 405 g/mol. The van der Waals surface area contributed by atoms with E-state index < -0.39 is 5.97 Å². The van der Waals surface area contributed by atoms with Crippen molar-refractivity contribution in [2.75, 3.05) is 0 Å². The van der Waals surface area contributed by atoms with E-state index in [1.54, 1.807) is 0 Å². The number of carboxylic acid groups (broad SMARTS) is 1. The van der Waals surface area contributed by atoms with Gasteiger partial charge in [-0.2, -0.15) is 0 Å². The van der Waals surface area contributed by atoms with Crippen LogP contribution in [-0.2, 0) is 14.3 Å². The Morgan fingerprint density at radius 1 is 1.00 bits per heavy atom. The zero-order valence-corrected chi connectivity index (χ0v) is 18.8. The molecule has 0 unspecified atom stereocenters. The van der Waals surface area contributed by atoms with Gasteiger partial charge in [-0.05, 0) is 104 Å². The Balaban J connectivity index is 1.50. The minimum Gasteiger partial charge on any atom is -0.481 e. The summed E-state index contributed by atoms with van der Waals surface area (Å²) in [7, 11) is 0. The molecule has 0 saturated heterocycles. The Morgan fingerprint density at radius 2 is 1.69 bits per heavy atom. The van der Waals surface area contributed by atoms with E-state index in [2.05, 4.69) is 20.8 Å². The van der Waals surface area contributed by atoms with E-state index in [0.717, 1.165) is 30.6 Å². The lowest BCUT2D eigenvalue weighted by Crippen LogP contribution is -2.54. The van der Waals surface area contributed by atoms with Gasteiger partial charge in [0.1, 0.15) is 6.10 Å². The summed E-state index contributed by atoms with van der Waals surface area (Å²) >= 11 is 0. The molecule has 1 N–H and O–H groups in total. The monoisotopic (exact) mass is 404 g/mol. The van der Waals surface area contributed by atoms with Crippen LogP contribution in [0.15, 0.2) is 0 Å². The first-order valence-corrected chi connectivity index (χ1v) is 12.0. The fraction of sp³-hybridized carbons (Fsp3) is 0.920. The highest BCUT2D eigenvalue weighted by atomic mass is 16.5. The van der Waals surface area contributed by atoms with Crippen molar-refractivity contribution in [3.05, 3.63) is 0 Å². The second-order valence-electron chi connectivity index (χ2n) is 11.5. The van der Waals surface area contributed by atoms with Gasteiger partial charge in [-0.1, -0.05) is 20.8 Å². The van der Waals surface area contributed by atoms with E-state index in [9.17, 15) is 14.7 Å². The minimum atomic E-state index is -0.643. The molecule has 4 aliphatic rings. The molecule has 4 rings (SSSR count). The highest BCUT2D eigenvalue weighted by Crippen LogP contribution is 2.68. The first-order chi connectivity index (χ1) is 13.6. The predicted octanol–water partition coefficient (Wildman–Crippen LogP) is 5.69. The van der Waals surface area contributed by atoms with Crippen LogP contribution in [0.5, 0.6) is 0 Å². The van der Waals surface area contributed by atoms with Gasteiger partial charge < -0.3 is 9.84 Å². The summed E-state index contributed by atoms with van der Waals surface area (Å²) in [6.07, 6.45) is 11.4. The molecule has 0 aliphatic heterocycles. The van der Waals surface area contributed by atoms with Crippen molar-refractivity contribution in [2.24, 2.45) is 46.3 Å². The Labute approximate surface area is 176 Å². The van der Waals surface area contributed by atoms with Gasteiger partial charge in [0.25, 0.3) is 0 Å². The summed E-state index contributed by atoms with van der Waals surface area (Å²) < 4.78 is 5.59. The quantitative estimate of drug-likeness (QED) is 0.612. The molecule has 0 spiro atoms. The molecule has 164 valence electrons. The van der Waals surface area contributed by atoms with Crippen molar-refractivity contribution in [3.63, 3.8) is 0 Å². The number of fused-ring (bicyclic) bond motifs is 5. The van der Waals surface area contributed by atoms with Crippen LogP contribution in [0.4, 0.5) is 0 Å². The molecule has 0 bridgehead atoms. The first-order valence-electron chi connectivity index (χ1n) is 12.0. The van der Waals surface area contributed by atoms with Crippen molar-refractivity contribution in [3.8, 4) is 0 Å². The molecule has 0 aromatic heterocycles. The number of carbonyl (C=O) groups excluding carboxylic acids is 1. The lowest BCUT2D eigenvalue weighted by atomic mass is 9.44. The molecule has 4 fully saturated rings. The fourth-order valence-corrected chi connectivity index (χ4v) is 8.95. The Morgan fingerprint density at radius 3 is 2.38 bits per heavy atom. The third-order valence-corrected chi connectivity index (χ3v) is 10.2. The van der Waals surface area contributed by atoms with Gasteiger partial charge in [-0.15, -0.1) is 0 Å². The van der Waals surface area contributed by atoms with Crippen LogP contribution in [0.3, 0.4) is 0 Å². The maximum absolute atomic E-state index is 11.4. The normalized spacial score (nSPS) is 47.4. The van der Waals surface area contributed by atoms with Gasteiger partial charge >= 0.3 is 11.9 Å². The number of esters is 1. The molecule has 0 heterocycles. The predicted molar refractivity (Wildman–Crippen MR) is 112 cm³/mol. The Kier molecular flexibility index (Phi) is 5.53. The summed E-state index contributed by atoms with van der Waals surface area (Å²) in [5.41, 5.74) is 0.722. The van der Waals surface area contributed by atoms with Crippen molar-refractivity contribution < 1.29 is 19.4 Å². The first kappa shape index (κ1) is 21.2. The summed E-state index contributed by atoms with van der Waals surface area (Å²) in [5, 5.41) is 9.32. The molecule has 4 heteroatoms. The summed E-state index contributed by atoms with van der Waals surface area (Å²) in [6.45, 7) is 8.75. The molecular formula is C25H40O4. The number of ether oxygens (including phenoxy) is 1. The second kappa shape index (κ2) is 7.57. The third-order valence-electron chi connectivity index (χ3n) is 10.2. The molecule has 0 aromatic rings. The van der Waals surface area contributed by atoms with E-state index >= 15 is 0 Å². The molecule has 9 atom stereocenters. The van der Waals surface area contributed by atoms with E-state index in [0.29, 0.717) is 29.1 Å². The van der Waals surface area contributed by atoms with Gasteiger partial charge in [-0.25, -0.2) is 0 Å². The van der Waals surface area contributed by atoms with Crippen molar-refractivity contribution in [2.45, 2.75) is 98.0 Å². The maximum Gasteiger partial charge on any atom is 0.303 e. The average Bonchev–Trinajstić information content (AvgIpc) is 2.98. The number of hydrogen-bond acceptors (Lipinski definition) is 3. The smallest absolute Gasteiger partial charge is 0.303 e. The highest BCUT2D eigenvalue weighted by molar-refractivity contribution is 5.67. The molecular weight excluding hydrogens is 364 g/mol. The zero-order valence-electron chi connectivity index (χ0n) is 18.8. The summed E-state index contributed by atoms with van der Waals surface area (Å²) in [5.74, 6) is 3.14. The van der Waals surface area contributed by atoms with Crippen LogP contribution >= 0.6 is 0 Å². The molecule has 0 aromatic carbocycles. The second-order valence-corrected chi connectivity index (χ2v) is 11.5. The number of hydrogen-bond donors (Lipinski definition) is 1. The lowest BCUT2D eigenvalue weighted by Gasteiger charge is -2.61. The number of carboxylic acids is 1. The highest BCUT2D eigenvalue weighted by Gasteiger charge is 2.60. The molecule has 4 aliphatic carbocycles. The van der Waals surface area contributed by atoms with Crippen molar-refractivity contribution in [1.29, 1.82) is 0 Å². The van der Waals surface area contributed by atoms with E-state index in [1.165, 1.54) is 51.9 Å². The van der Waals surface area contributed by atoms with Gasteiger partial charge in [0, 0.05) is 13.3 Å². The van der Waals surface area contributed by atoms with Crippen molar-refractivity contribution >= 4 is 11.9 Å². The number of carbonyl (C=O) groups is 2. The van der Waals surface area contributed by atoms with Gasteiger partial charge in [-0.3, -0.25) is 9.59 Å². The summed E-state index contributed by atoms with van der Waals surface area (Å²) in [6, 6.07) is 0. The fourth-order valence-electron chi connectivity index (χ4n) is 8.95. The zero-order chi connectivity index (χ0) is 21.0. The molecule has 4 saturated carbocycles. The molecule has 29 heavy (non-hydrogen) atoms. The number of aliphatic carboxylic acids is 1. The van der Waals surface area contributed by atoms with Crippen LogP contribution in [0.25, 0.3) is 0 Å². The molecule has 4 nitrogen and oxygen atoms in total. The lowest BCUT2D eigenvalue weighted by molar-refractivity contribution is -0.161.